The molecule has 25 heavy (non-hydrogen) atoms. The molecule has 1 unspecified atom stereocenters. The molecule has 2 nitrogen and oxygen atoms in total. The lowest BCUT2D eigenvalue weighted by Crippen LogP contribution is -2.32. The Morgan fingerprint density at radius 2 is 1.56 bits per heavy atom. The number of anilines is 1. The van der Waals surface area contributed by atoms with Gasteiger partial charge in [0.2, 0.25) is 0 Å². The van der Waals surface area contributed by atoms with Crippen LogP contribution in [0.3, 0.4) is 0 Å². The highest BCUT2D eigenvalue weighted by atomic mass is 35.5. The number of benzene rings is 3. The summed E-state index contributed by atoms with van der Waals surface area (Å²) in [5.74, 6) is 0. The maximum atomic E-state index is 11.9. The Bertz CT molecular complexity index is 939. The average Bonchev–Trinajstić information content (AvgIpc) is 2.63. The van der Waals surface area contributed by atoms with Crippen molar-refractivity contribution in [1.29, 1.82) is 0 Å². The van der Waals surface area contributed by atoms with Gasteiger partial charge in [-0.2, -0.15) is 0 Å². The smallest absolute Gasteiger partial charge is 0.142 e. The molecular weight excluding hydrogens is 350 g/mol. The van der Waals surface area contributed by atoms with Gasteiger partial charge >= 0.3 is 0 Å². The van der Waals surface area contributed by atoms with Crippen LogP contribution in [0, 0.1) is 0 Å². The van der Waals surface area contributed by atoms with E-state index in [-0.39, 0.29) is 0 Å². The lowest BCUT2D eigenvalue weighted by molar-refractivity contribution is 0.118. The predicted octanol–water partition coefficient (Wildman–Crippen LogP) is 5.15. The first-order chi connectivity index (χ1) is 12.0. The van der Waals surface area contributed by atoms with Crippen LogP contribution in [0.5, 0.6) is 0 Å². The van der Waals surface area contributed by atoms with Crippen molar-refractivity contribution in [3.05, 3.63) is 88.4 Å². The summed E-state index contributed by atoms with van der Waals surface area (Å²) >= 11 is 7.93. The summed E-state index contributed by atoms with van der Waals surface area (Å²) in [6, 6.07) is 21.8. The van der Waals surface area contributed by atoms with Crippen LogP contribution in [-0.2, 0) is 5.60 Å². The molecule has 0 fully saturated rings. The van der Waals surface area contributed by atoms with Crippen molar-refractivity contribution in [3.8, 4) is 0 Å². The summed E-state index contributed by atoms with van der Waals surface area (Å²) in [7, 11) is 4.01. The maximum Gasteiger partial charge on any atom is 0.142 e. The summed E-state index contributed by atoms with van der Waals surface area (Å²) in [4.78, 5) is 4.14. The SMILES string of the molecule is CN(C)c1ccc(C2(O)c3ccccc3Sc3ccc(Cl)cc32)cc1. The van der Waals surface area contributed by atoms with E-state index in [4.69, 9.17) is 11.6 Å². The molecule has 0 bridgehead atoms. The van der Waals surface area contributed by atoms with E-state index in [0.29, 0.717) is 5.02 Å². The van der Waals surface area contributed by atoms with Crippen LogP contribution in [0.4, 0.5) is 5.69 Å². The molecular formula is C21H18ClNOS. The van der Waals surface area contributed by atoms with Gasteiger partial charge in [-0.1, -0.05) is 53.7 Å². The minimum absolute atomic E-state index is 0.627. The van der Waals surface area contributed by atoms with Crippen LogP contribution < -0.4 is 4.90 Å². The summed E-state index contributed by atoms with van der Waals surface area (Å²) in [6.07, 6.45) is 0. The molecule has 1 N–H and O–H groups in total. The van der Waals surface area contributed by atoms with Crippen molar-refractivity contribution in [2.24, 2.45) is 0 Å². The summed E-state index contributed by atoms with van der Waals surface area (Å²) in [5.41, 5.74) is 2.45. The molecule has 126 valence electrons. The molecule has 1 aliphatic heterocycles. The highest BCUT2D eigenvalue weighted by molar-refractivity contribution is 7.99. The Morgan fingerprint density at radius 3 is 2.28 bits per heavy atom. The van der Waals surface area contributed by atoms with Crippen molar-refractivity contribution < 1.29 is 5.11 Å². The Kier molecular flexibility index (Phi) is 4.03. The first-order valence-electron chi connectivity index (χ1n) is 8.08. The molecule has 1 atom stereocenters. The van der Waals surface area contributed by atoms with Gasteiger partial charge in [0.15, 0.2) is 0 Å². The molecule has 0 spiro atoms. The normalized spacial score (nSPS) is 18.4. The second kappa shape index (κ2) is 6.10. The lowest BCUT2D eigenvalue weighted by atomic mass is 9.80. The Hall–Kier alpha value is -1.94. The standard InChI is InChI=1S/C21H18ClNOS/c1-23(2)16-10-7-14(8-11-16)21(24)17-5-3-4-6-19(17)25-20-12-9-15(22)13-18(20)21/h3-13,24H,1-2H3. The fourth-order valence-electron chi connectivity index (χ4n) is 3.30. The zero-order valence-corrected chi connectivity index (χ0v) is 15.6. The third-order valence-corrected chi connectivity index (χ3v) is 6.02. The monoisotopic (exact) mass is 367 g/mol. The fraction of sp³-hybridized carbons (Fsp3) is 0.143. The number of hydrogen-bond acceptors (Lipinski definition) is 3. The van der Waals surface area contributed by atoms with Crippen molar-refractivity contribution >= 4 is 29.1 Å². The van der Waals surface area contributed by atoms with Gasteiger partial charge in [0.1, 0.15) is 5.60 Å². The van der Waals surface area contributed by atoms with Crippen LogP contribution >= 0.6 is 23.4 Å². The largest absolute Gasteiger partial charge is 0.378 e. The molecule has 0 saturated heterocycles. The van der Waals surface area contributed by atoms with Crippen molar-refractivity contribution in [1.82, 2.24) is 0 Å². The predicted molar refractivity (Wildman–Crippen MR) is 105 cm³/mol. The molecule has 0 amide bonds. The van der Waals surface area contributed by atoms with Crippen LogP contribution in [0.15, 0.2) is 76.5 Å². The number of hydrogen-bond donors (Lipinski definition) is 1. The molecule has 3 aromatic carbocycles. The molecule has 0 aromatic heterocycles. The minimum atomic E-state index is -1.22. The Balaban J connectivity index is 1.97. The highest BCUT2D eigenvalue weighted by Crippen LogP contribution is 2.51. The van der Waals surface area contributed by atoms with Gasteiger partial charge in [-0.25, -0.2) is 0 Å². The van der Waals surface area contributed by atoms with Crippen LogP contribution in [0.25, 0.3) is 0 Å². The third-order valence-electron chi connectivity index (χ3n) is 4.63. The second-order valence-electron chi connectivity index (χ2n) is 6.39. The number of nitrogens with zero attached hydrogens (tertiary/aromatic N) is 1. The fourth-order valence-corrected chi connectivity index (χ4v) is 4.64. The number of aliphatic hydroxyl groups is 1. The molecule has 0 radical (unpaired) electrons. The van der Waals surface area contributed by atoms with E-state index in [1.807, 2.05) is 79.7 Å². The number of fused-ring (bicyclic) bond motifs is 2. The molecule has 4 heteroatoms. The van der Waals surface area contributed by atoms with E-state index < -0.39 is 5.60 Å². The molecule has 4 rings (SSSR count). The maximum absolute atomic E-state index is 11.9. The topological polar surface area (TPSA) is 23.5 Å². The molecule has 1 heterocycles. The zero-order chi connectivity index (χ0) is 17.6. The number of halogens is 1. The van der Waals surface area contributed by atoms with Gasteiger partial charge in [-0.05, 0) is 42.0 Å². The van der Waals surface area contributed by atoms with E-state index in [0.717, 1.165) is 32.2 Å². The van der Waals surface area contributed by atoms with E-state index in [9.17, 15) is 5.11 Å². The van der Waals surface area contributed by atoms with Crippen molar-refractivity contribution in [3.63, 3.8) is 0 Å². The van der Waals surface area contributed by atoms with Crippen molar-refractivity contribution in [2.45, 2.75) is 15.4 Å². The molecule has 3 aromatic rings. The molecule has 0 aliphatic carbocycles. The molecule has 1 aliphatic rings. The average molecular weight is 368 g/mol. The molecule has 0 saturated carbocycles. The first-order valence-corrected chi connectivity index (χ1v) is 9.27. The summed E-state index contributed by atoms with van der Waals surface area (Å²) in [5, 5.41) is 12.5. The van der Waals surface area contributed by atoms with E-state index >= 15 is 0 Å². The van der Waals surface area contributed by atoms with Gasteiger partial charge in [0.05, 0.1) is 0 Å². The quantitative estimate of drug-likeness (QED) is 0.677. The van der Waals surface area contributed by atoms with Gasteiger partial charge in [-0.15, -0.1) is 0 Å². The summed E-state index contributed by atoms with van der Waals surface area (Å²) < 4.78 is 0. The number of rotatable bonds is 2. The van der Waals surface area contributed by atoms with E-state index in [2.05, 4.69) is 6.07 Å². The van der Waals surface area contributed by atoms with Crippen LogP contribution in [-0.4, -0.2) is 19.2 Å². The van der Waals surface area contributed by atoms with Crippen molar-refractivity contribution in [2.75, 3.05) is 19.0 Å². The van der Waals surface area contributed by atoms with E-state index in [1.165, 1.54) is 0 Å². The van der Waals surface area contributed by atoms with Gasteiger partial charge in [0.25, 0.3) is 0 Å². The highest BCUT2D eigenvalue weighted by Gasteiger charge is 2.41. The Labute approximate surface area is 157 Å². The minimum Gasteiger partial charge on any atom is -0.378 e. The first kappa shape index (κ1) is 16.5. The van der Waals surface area contributed by atoms with E-state index in [1.54, 1.807) is 11.8 Å². The second-order valence-corrected chi connectivity index (χ2v) is 7.91. The third kappa shape index (κ3) is 2.63. The van der Waals surface area contributed by atoms with Gasteiger partial charge in [-0.3, -0.25) is 0 Å². The Morgan fingerprint density at radius 1 is 0.880 bits per heavy atom. The summed E-state index contributed by atoms with van der Waals surface area (Å²) in [6.45, 7) is 0. The zero-order valence-electron chi connectivity index (χ0n) is 14.0. The van der Waals surface area contributed by atoms with Gasteiger partial charge < -0.3 is 10.0 Å². The van der Waals surface area contributed by atoms with Crippen LogP contribution in [0.1, 0.15) is 16.7 Å². The van der Waals surface area contributed by atoms with Crippen LogP contribution in [0.2, 0.25) is 5.02 Å². The lowest BCUT2D eigenvalue weighted by Gasteiger charge is -2.37. The van der Waals surface area contributed by atoms with Gasteiger partial charge in [0, 0.05) is 45.7 Å².